The highest BCUT2D eigenvalue weighted by molar-refractivity contribution is 5.92. The molecule has 1 atom stereocenters. The van der Waals surface area contributed by atoms with Crippen molar-refractivity contribution in [1.29, 1.82) is 0 Å². The predicted molar refractivity (Wildman–Crippen MR) is 93.3 cm³/mol. The minimum absolute atomic E-state index is 0.0258. The second kappa shape index (κ2) is 9.32. The fourth-order valence-corrected chi connectivity index (χ4v) is 2.57. The number of likely N-dealkylation sites (N-methyl/N-ethyl adjacent to an activating group) is 1. The van der Waals surface area contributed by atoms with Gasteiger partial charge in [-0.25, -0.2) is 22.4 Å². The Labute approximate surface area is 158 Å². The Balaban J connectivity index is 2.17. The molecule has 0 saturated carbocycles. The lowest BCUT2D eigenvalue weighted by molar-refractivity contribution is -0.149. The summed E-state index contributed by atoms with van der Waals surface area (Å²) in [5, 5.41) is 2.37. The summed E-state index contributed by atoms with van der Waals surface area (Å²) in [7, 11) is 1.41. The normalized spacial score (nSPS) is 12.0. The minimum atomic E-state index is -1.18. The Morgan fingerprint density at radius 1 is 1.00 bits per heavy atom. The summed E-state index contributed by atoms with van der Waals surface area (Å²) < 4.78 is 57.9. The van der Waals surface area contributed by atoms with Crippen molar-refractivity contribution < 1.29 is 31.9 Å². The highest BCUT2D eigenvalue weighted by Crippen LogP contribution is 2.23. The maximum atomic E-state index is 13.6. The van der Waals surface area contributed by atoms with E-state index in [9.17, 15) is 27.2 Å². The molecule has 0 fully saturated rings. The quantitative estimate of drug-likeness (QED) is 0.574. The van der Waals surface area contributed by atoms with Crippen LogP contribution < -0.4 is 5.32 Å². The lowest BCUT2D eigenvalue weighted by Crippen LogP contribution is -2.38. The van der Waals surface area contributed by atoms with E-state index >= 15 is 0 Å². The smallest absolute Gasteiger partial charge is 0.328 e. The Morgan fingerprint density at radius 3 is 2.18 bits per heavy atom. The number of nitrogens with zero attached hydrogens (tertiary/aromatic N) is 1. The van der Waals surface area contributed by atoms with Crippen LogP contribution in [-0.4, -0.2) is 37.0 Å². The molecule has 0 aromatic heterocycles. The molecule has 0 aliphatic carbocycles. The summed E-state index contributed by atoms with van der Waals surface area (Å²) in [4.78, 5) is 25.8. The number of rotatable bonds is 7. The average Bonchev–Trinajstić information content (AvgIpc) is 2.61. The van der Waals surface area contributed by atoms with Gasteiger partial charge in [-0.15, -0.1) is 0 Å². The molecule has 0 spiro atoms. The highest BCUT2D eigenvalue weighted by Gasteiger charge is 2.29. The SMILES string of the molecule is CCOC(=O)C(c1ccc(F)c(F)c1)N(C)CC(=O)Nc1ccc(F)c(F)c1. The first-order chi connectivity index (χ1) is 13.2. The first-order valence-corrected chi connectivity index (χ1v) is 8.29. The molecule has 28 heavy (non-hydrogen) atoms. The third-order valence-electron chi connectivity index (χ3n) is 3.81. The minimum Gasteiger partial charge on any atom is -0.465 e. The van der Waals surface area contributed by atoms with Gasteiger partial charge in [0.15, 0.2) is 23.3 Å². The van der Waals surface area contributed by atoms with Crippen molar-refractivity contribution in [3.05, 3.63) is 65.2 Å². The number of esters is 1. The molecule has 2 rings (SSSR count). The van der Waals surface area contributed by atoms with Gasteiger partial charge in [-0.05, 0) is 43.8 Å². The molecule has 2 aromatic carbocycles. The summed E-state index contributed by atoms with van der Waals surface area (Å²) in [5.41, 5.74) is 0.123. The first kappa shape index (κ1) is 21.4. The van der Waals surface area contributed by atoms with Crippen molar-refractivity contribution in [1.82, 2.24) is 4.90 Å². The molecule has 2 aromatic rings. The van der Waals surface area contributed by atoms with Crippen LogP contribution in [0.25, 0.3) is 0 Å². The Bertz CT molecular complexity index is 876. The molecule has 5 nitrogen and oxygen atoms in total. The van der Waals surface area contributed by atoms with Crippen molar-refractivity contribution in [2.45, 2.75) is 13.0 Å². The van der Waals surface area contributed by atoms with Crippen LogP contribution >= 0.6 is 0 Å². The van der Waals surface area contributed by atoms with E-state index in [1.165, 1.54) is 24.1 Å². The maximum Gasteiger partial charge on any atom is 0.328 e. The van der Waals surface area contributed by atoms with Crippen molar-refractivity contribution in [2.75, 3.05) is 25.5 Å². The molecule has 1 unspecified atom stereocenters. The number of nitrogens with one attached hydrogen (secondary N) is 1. The second-order valence-electron chi connectivity index (χ2n) is 5.92. The molecule has 0 aliphatic rings. The van der Waals surface area contributed by atoms with E-state index in [0.29, 0.717) is 0 Å². The largest absolute Gasteiger partial charge is 0.465 e. The number of benzene rings is 2. The van der Waals surface area contributed by atoms with Gasteiger partial charge in [0.05, 0.1) is 13.2 Å². The standard InChI is InChI=1S/C19H18F4N2O3/c1-3-28-19(27)18(11-4-6-13(20)15(22)8-11)25(2)10-17(26)24-12-5-7-14(21)16(23)9-12/h4-9,18H,3,10H2,1-2H3,(H,24,26). The van der Waals surface area contributed by atoms with Crippen LogP contribution in [0, 0.1) is 23.3 Å². The Hall–Kier alpha value is -2.94. The number of carbonyl (C=O) groups is 2. The van der Waals surface area contributed by atoms with Gasteiger partial charge in [-0.2, -0.15) is 0 Å². The molecule has 0 bridgehead atoms. The van der Waals surface area contributed by atoms with E-state index in [-0.39, 0.29) is 24.4 Å². The van der Waals surface area contributed by atoms with Crippen LogP contribution in [0.2, 0.25) is 0 Å². The van der Waals surface area contributed by atoms with Crippen molar-refractivity contribution in [3.8, 4) is 0 Å². The topological polar surface area (TPSA) is 58.6 Å². The van der Waals surface area contributed by atoms with Gasteiger partial charge in [0.2, 0.25) is 5.91 Å². The first-order valence-electron chi connectivity index (χ1n) is 8.29. The highest BCUT2D eigenvalue weighted by atomic mass is 19.2. The number of ether oxygens (including phenoxy) is 1. The van der Waals surface area contributed by atoms with Gasteiger partial charge in [0.1, 0.15) is 6.04 Å². The fraction of sp³-hybridized carbons (Fsp3) is 0.263. The van der Waals surface area contributed by atoms with E-state index in [1.807, 2.05) is 0 Å². The molecule has 9 heteroatoms. The number of anilines is 1. The van der Waals surface area contributed by atoms with Gasteiger partial charge in [-0.1, -0.05) is 6.07 Å². The number of halogens is 4. The summed E-state index contributed by atoms with van der Waals surface area (Å²) in [6.07, 6.45) is 0. The molecule has 150 valence electrons. The van der Waals surface area contributed by atoms with Crippen LogP contribution in [0.5, 0.6) is 0 Å². The number of hydrogen-bond acceptors (Lipinski definition) is 4. The fourth-order valence-electron chi connectivity index (χ4n) is 2.57. The number of hydrogen-bond donors (Lipinski definition) is 1. The molecule has 0 radical (unpaired) electrons. The van der Waals surface area contributed by atoms with Crippen LogP contribution in [0.1, 0.15) is 18.5 Å². The Morgan fingerprint density at radius 2 is 1.61 bits per heavy atom. The third-order valence-corrected chi connectivity index (χ3v) is 3.81. The molecule has 0 aliphatic heterocycles. The molecular weight excluding hydrogens is 380 g/mol. The van der Waals surface area contributed by atoms with Crippen molar-refractivity contribution in [3.63, 3.8) is 0 Å². The molecule has 0 saturated heterocycles. The summed E-state index contributed by atoms with van der Waals surface area (Å²) in [6, 6.07) is 4.60. The second-order valence-corrected chi connectivity index (χ2v) is 5.92. The molecule has 1 N–H and O–H groups in total. The van der Waals surface area contributed by atoms with Gasteiger partial charge < -0.3 is 10.1 Å². The molecular formula is C19H18F4N2O3. The number of amides is 1. The van der Waals surface area contributed by atoms with E-state index in [1.54, 1.807) is 6.92 Å². The monoisotopic (exact) mass is 398 g/mol. The zero-order valence-electron chi connectivity index (χ0n) is 15.1. The lowest BCUT2D eigenvalue weighted by Gasteiger charge is -2.26. The summed E-state index contributed by atoms with van der Waals surface area (Å²) in [5.74, 6) is -5.80. The van der Waals surface area contributed by atoms with E-state index < -0.39 is 41.2 Å². The van der Waals surface area contributed by atoms with Crippen LogP contribution in [0.15, 0.2) is 36.4 Å². The van der Waals surface area contributed by atoms with Crippen molar-refractivity contribution >= 4 is 17.6 Å². The third kappa shape index (κ3) is 5.29. The van der Waals surface area contributed by atoms with E-state index in [4.69, 9.17) is 4.74 Å². The van der Waals surface area contributed by atoms with E-state index in [0.717, 1.165) is 24.3 Å². The summed E-state index contributed by atoms with van der Waals surface area (Å²) in [6.45, 7) is 1.27. The zero-order chi connectivity index (χ0) is 20.8. The van der Waals surface area contributed by atoms with Crippen LogP contribution in [0.3, 0.4) is 0 Å². The zero-order valence-corrected chi connectivity index (χ0v) is 15.1. The maximum absolute atomic E-state index is 13.6. The molecule has 1 amide bonds. The van der Waals surface area contributed by atoms with Crippen LogP contribution in [-0.2, 0) is 14.3 Å². The van der Waals surface area contributed by atoms with Gasteiger partial charge in [-0.3, -0.25) is 9.69 Å². The van der Waals surface area contributed by atoms with Gasteiger partial charge in [0.25, 0.3) is 0 Å². The number of carbonyl (C=O) groups excluding carboxylic acids is 2. The predicted octanol–water partition coefficient (Wildman–Crippen LogP) is 3.42. The summed E-state index contributed by atoms with van der Waals surface area (Å²) >= 11 is 0. The molecule has 0 heterocycles. The van der Waals surface area contributed by atoms with Gasteiger partial charge >= 0.3 is 5.97 Å². The van der Waals surface area contributed by atoms with E-state index in [2.05, 4.69) is 5.32 Å². The van der Waals surface area contributed by atoms with Crippen molar-refractivity contribution in [2.24, 2.45) is 0 Å². The Kier molecular flexibility index (Phi) is 7.11. The van der Waals surface area contributed by atoms with Crippen LogP contribution in [0.4, 0.5) is 23.2 Å². The lowest BCUT2D eigenvalue weighted by atomic mass is 10.1. The average molecular weight is 398 g/mol. The van der Waals surface area contributed by atoms with Gasteiger partial charge in [0, 0.05) is 11.8 Å².